The van der Waals surface area contributed by atoms with Crippen LogP contribution in [0.5, 0.6) is 0 Å². The summed E-state index contributed by atoms with van der Waals surface area (Å²) in [5, 5.41) is 3.38. The van der Waals surface area contributed by atoms with E-state index in [9.17, 15) is 0 Å². The van der Waals surface area contributed by atoms with E-state index in [-0.39, 0.29) is 0 Å². The van der Waals surface area contributed by atoms with Crippen LogP contribution >= 0.6 is 15.9 Å². The summed E-state index contributed by atoms with van der Waals surface area (Å²) in [5.74, 6) is 0. The number of ether oxygens (including phenoxy) is 1. The molecule has 0 heterocycles. The average molecular weight is 272 g/mol. The molecule has 0 aliphatic carbocycles. The molecule has 0 aliphatic heterocycles. The monoisotopic (exact) mass is 271 g/mol. The van der Waals surface area contributed by atoms with Crippen molar-refractivity contribution in [3.05, 3.63) is 28.2 Å². The summed E-state index contributed by atoms with van der Waals surface area (Å²) in [6.07, 6.45) is 1.04. The summed E-state index contributed by atoms with van der Waals surface area (Å²) in [6.45, 7) is 6.70. The van der Waals surface area contributed by atoms with E-state index in [1.165, 1.54) is 11.3 Å². The summed E-state index contributed by atoms with van der Waals surface area (Å²) in [5.41, 5.74) is 2.43. The van der Waals surface area contributed by atoms with Gasteiger partial charge in [0, 0.05) is 29.9 Å². The molecule has 3 heteroatoms. The zero-order valence-electron chi connectivity index (χ0n) is 9.35. The van der Waals surface area contributed by atoms with Gasteiger partial charge in [-0.25, -0.2) is 0 Å². The van der Waals surface area contributed by atoms with Crippen LogP contribution in [0, 0.1) is 6.92 Å². The first-order chi connectivity index (χ1) is 7.22. The molecule has 84 valence electrons. The molecular formula is C12H18BrNO. The Bertz CT molecular complexity index is 281. The Hall–Kier alpha value is -0.540. The first-order valence-corrected chi connectivity index (χ1v) is 6.10. The molecule has 1 rings (SSSR count). The molecule has 0 aliphatic rings. The highest BCUT2D eigenvalue weighted by atomic mass is 79.9. The smallest absolute Gasteiger partial charge is 0.0482 e. The molecule has 0 radical (unpaired) electrons. The van der Waals surface area contributed by atoms with Crippen molar-refractivity contribution in [2.24, 2.45) is 0 Å². The van der Waals surface area contributed by atoms with Crippen molar-refractivity contribution in [2.75, 3.05) is 25.1 Å². The summed E-state index contributed by atoms with van der Waals surface area (Å²) in [6, 6.07) is 6.34. The predicted molar refractivity (Wildman–Crippen MR) is 68.5 cm³/mol. The van der Waals surface area contributed by atoms with Gasteiger partial charge in [-0.05, 0) is 44.0 Å². The number of hydrogen-bond acceptors (Lipinski definition) is 2. The minimum Gasteiger partial charge on any atom is -0.385 e. The summed E-state index contributed by atoms with van der Waals surface area (Å²) in [7, 11) is 0. The number of hydrogen-bond donors (Lipinski definition) is 1. The van der Waals surface area contributed by atoms with Crippen LogP contribution < -0.4 is 5.32 Å². The van der Waals surface area contributed by atoms with Crippen LogP contribution in [0.25, 0.3) is 0 Å². The standard InChI is InChI=1S/C12H18BrNO/c1-3-15-6-4-5-14-12-8-10(2)7-11(13)9-12/h7-9,14H,3-6H2,1-2H3. The van der Waals surface area contributed by atoms with E-state index in [0.29, 0.717) is 0 Å². The van der Waals surface area contributed by atoms with E-state index in [0.717, 1.165) is 30.7 Å². The minimum absolute atomic E-state index is 0.802. The van der Waals surface area contributed by atoms with Crippen LogP contribution in [-0.4, -0.2) is 19.8 Å². The number of aryl methyl sites for hydroxylation is 1. The van der Waals surface area contributed by atoms with Crippen LogP contribution in [0.3, 0.4) is 0 Å². The molecular weight excluding hydrogens is 254 g/mol. The molecule has 0 bridgehead atoms. The van der Waals surface area contributed by atoms with Gasteiger partial charge in [-0.1, -0.05) is 15.9 Å². The maximum Gasteiger partial charge on any atom is 0.0482 e. The summed E-state index contributed by atoms with van der Waals surface area (Å²) in [4.78, 5) is 0. The summed E-state index contributed by atoms with van der Waals surface area (Å²) < 4.78 is 6.39. The fourth-order valence-electron chi connectivity index (χ4n) is 1.39. The quantitative estimate of drug-likeness (QED) is 0.799. The molecule has 1 aromatic carbocycles. The van der Waals surface area contributed by atoms with E-state index in [2.05, 4.69) is 46.4 Å². The number of halogens is 1. The van der Waals surface area contributed by atoms with Crippen molar-refractivity contribution in [3.8, 4) is 0 Å². The van der Waals surface area contributed by atoms with Gasteiger partial charge in [0.15, 0.2) is 0 Å². The van der Waals surface area contributed by atoms with E-state index >= 15 is 0 Å². The second-order valence-electron chi connectivity index (χ2n) is 3.49. The third-order valence-corrected chi connectivity index (χ3v) is 2.50. The fourth-order valence-corrected chi connectivity index (χ4v) is 2.00. The van der Waals surface area contributed by atoms with Crippen molar-refractivity contribution in [3.63, 3.8) is 0 Å². The SMILES string of the molecule is CCOCCCNc1cc(C)cc(Br)c1. The molecule has 0 saturated carbocycles. The lowest BCUT2D eigenvalue weighted by Crippen LogP contribution is -2.05. The summed E-state index contributed by atoms with van der Waals surface area (Å²) >= 11 is 3.48. The van der Waals surface area contributed by atoms with Gasteiger partial charge < -0.3 is 10.1 Å². The van der Waals surface area contributed by atoms with Crippen LogP contribution in [0.1, 0.15) is 18.9 Å². The van der Waals surface area contributed by atoms with E-state index in [1.807, 2.05) is 6.92 Å². The highest BCUT2D eigenvalue weighted by Crippen LogP contribution is 2.18. The Morgan fingerprint density at radius 3 is 2.80 bits per heavy atom. The van der Waals surface area contributed by atoms with Crippen molar-refractivity contribution >= 4 is 21.6 Å². The topological polar surface area (TPSA) is 21.3 Å². The van der Waals surface area contributed by atoms with Gasteiger partial charge in [0.2, 0.25) is 0 Å². The number of benzene rings is 1. The lowest BCUT2D eigenvalue weighted by atomic mass is 10.2. The van der Waals surface area contributed by atoms with Crippen molar-refractivity contribution in [1.82, 2.24) is 0 Å². The molecule has 0 unspecified atom stereocenters. The molecule has 0 spiro atoms. The second kappa shape index (κ2) is 6.85. The van der Waals surface area contributed by atoms with E-state index < -0.39 is 0 Å². The van der Waals surface area contributed by atoms with Gasteiger partial charge in [-0.15, -0.1) is 0 Å². The number of nitrogens with one attached hydrogen (secondary N) is 1. The highest BCUT2D eigenvalue weighted by Gasteiger charge is 1.95. The first kappa shape index (κ1) is 12.5. The van der Waals surface area contributed by atoms with E-state index in [1.54, 1.807) is 0 Å². The molecule has 15 heavy (non-hydrogen) atoms. The zero-order chi connectivity index (χ0) is 11.1. The van der Waals surface area contributed by atoms with Crippen LogP contribution in [0.15, 0.2) is 22.7 Å². The highest BCUT2D eigenvalue weighted by molar-refractivity contribution is 9.10. The van der Waals surface area contributed by atoms with Gasteiger partial charge in [-0.3, -0.25) is 0 Å². The minimum atomic E-state index is 0.802. The molecule has 1 N–H and O–H groups in total. The van der Waals surface area contributed by atoms with Gasteiger partial charge in [0.25, 0.3) is 0 Å². The maximum absolute atomic E-state index is 5.27. The Kier molecular flexibility index (Phi) is 5.73. The van der Waals surface area contributed by atoms with Gasteiger partial charge in [-0.2, -0.15) is 0 Å². The molecule has 2 nitrogen and oxygen atoms in total. The normalized spacial score (nSPS) is 10.3. The Morgan fingerprint density at radius 2 is 2.13 bits per heavy atom. The fraction of sp³-hybridized carbons (Fsp3) is 0.500. The third-order valence-electron chi connectivity index (χ3n) is 2.04. The molecule has 0 saturated heterocycles. The largest absolute Gasteiger partial charge is 0.385 e. The van der Waals surface area contributed by atoms with Crippen LogP contribution in [-0.2, 0) is 4.74 Å². The lowest BCUT2D eigenvalue weighted by Gasteiger charge is -2.08. The maximum atomic E-state index is 5.27. The molecule has 1 aromatic rings. The Morgan fingerprint density at radius 1 is 1.33 bits per heavy atom. The molecule has 0 atom stereocenters. The van der Waals surface area contributed by atoms with Crippen LogP contribution in [0.4, 0.5) is 5.69 Å². The Balaban J connectivity index is 2.31. The lowest BCUT2D eigenvalue weighted by molar-refractivity contribution is 0.147. The number of anilines is 1. The first-order valence-electron chi connectivity index (χ1n) is 5.31. The average Bonchev–Trinajstić information content (AvgIpc) is 2.16. The molecule has 0 fully saturated rings. The Labute approximate surface area is 100 Å². The van der Waals surface area contributed by atoms with Gasteiger partial charge in [0.1, 0.15) is 0 Å². The van der Waals surface area contributed by atoms with Crippen molar-refractivity contribution in [1.29, 1.82) is 0 Å². The van der Waals surface area contributed by atoms with E-state index in [4.69, 9.17) is 4.74 Å². The van der Waals surface area contributed by atoms with Crippen molar-refractivity contribution in [2.45, 2.75) is 20.3 Å². The van der Waals surface area contributed by atoms with Gasteiger partial charge in [0.05, 0.1) is 0 Å². The predicted octanol–water partition coefficient (Wildman–Crippen LogP) is 3.60. The molecule has 0 aromatic heterocycles. The van der Waals surface area contributed by atoms with Crippen LogP contribution in [0.2, 0.25) is 0 Å². The second-order valence-corrected chi connectivity index (χ2v) is 4.41. The van der Waals surface area contributed by atoms with Gasteiger partial charge >= 0.3 is 0 Å². The van der Waals surface area contributed by atoms with Crippen molar-refractivity contribution < 1.29 is 4.74 Å². The zero-order valence-corrected chi connectivity index (χ0v) is 10.9. The molecule has 0 amide bonds. The number of rotatable bonds is 6. The third kappa shape index (κ3) is 5.19.